The lowest BCUT2D eigenvalue weighted by Crippen LogP contribution is -2.14. The molecule has 3 aromatic carbocycles. The molecule has 1 heterocycles. The molecule has 0 spiro atoms. The van der Waals surface area contributed by atoms with Crippen molar-refractivity contribution in [1.29, 1.82) is 0 Å². The van der Waals surface area contributed by atoms with Gasteiger partial charge in [-0.15, -0.1) is 0 Å². The van der Waals surface area contributed by atoms with Crippen LogP contribution in [0.25, 0.3) is 0 Å². The third-order valence-corrected chi connectivity index (χ3v) is 4.47. The van der Waals surface area contributed by atoms with E-state index in [2.05, 4.69) is 10.6 Å². The minimum absolute atomic E-state index is 0.0950. The largest absolute Gasteiger partial charge is 0.494 e. The van der Waals surface area contributed by atoms with E-state index in [0.29, 0.717) is 40.6 Å². The number of benzene rings is 3. The Morgan fingerprint density at radius 3 is 2.23 bits per heavy atom. The molecule has 1 aliphatic heterocycles. The number of nitrogens with one attached hydrogen (secondary N) is 2. The Morgan fingerprint density at radius 2 is 1.53 bits per heavy atom. The molecule has 2 amide bonds. The predicted octanol–water partition coefficient (Wildman–Crippen LogP) is 4.32. The van der Waals surface area contributed by atoms with Crippen molar-refractivity contribution in [2.45, 2.75) is 6.92 Å². The molecular formula is C23H20N2O5. The molecule has 0 atom stereocenters. The molecule has 3 aromatic rings. The van der Waals surface area contributed by atoms with Gasteiger partial charge in [-0.1, -0.05) is 6.07 Å². The normalized spacial score (nSPS) is 11.6. The number of para-hydroxylation sites is 1. The average molecular weight is 404 g/mol. The van der Waals surface area contributed by atoms with Crippen molar-refractivity contribution < 1.29 is 23.8 Å². The molecular weight excluding hydrogens is 384 g/mol. The fourth-order valence-electron chi connectivity index (χ4n) is 3.02. The summed E-state index contributed by atoms with van der Waals surface area (Å²) in [6.45, 7) is 2.59. The highest BCUT2D eigenvalue weighted by atomic mass is 16.7. The van der Waals surface area contributed by atoms with E-state index in [9.17, 15) is 9.59 Å². The molecule has 0 bridgehead atoms. The molecule has 0 saturated heterocycles. The van der Waals surface area contributed by atoms with E-state index in [1.54, 1.807) is 66.7 Å². The van der Waals surface area contributed by atoms with Gasteiger partial charge in [0.05, 0.1) is 12.2 Å². The van der Waals surface area contributed by atoms with Crippen LogP contribution in [0.15, 0.2) is 66.7 Å². The van der Waals surface area contributed by atoms with E-state index in [1.165, 1.54) is 0 Å². The first kappa shape index (κ1) is 19.3. The van der Waals surface area contributed by atoms with E-state index < -0.39 is 0 Å². The molecule has 30 heavy (non-hydrogen) atoms. The minimum atomic E-state index is -0.316. The van der Waals surface area contributed by atoms with Crippen LogP contribution < -0.4 is 24.8 Å². The van der Waals surface area contributed by atoms with Crippen LogP contribution in [0.2, 0.25) is 0 Å². The topological polar surface area (TPSA) is 85.9 Å². The number of hydrogen-bond acceptors (Lipinski definition) is 5. The van der Waals surface area contributed by atoms with Crippen molar-refractivity contribution in [2.24, 2.45) is 0 Å². The third kappa shape index (κ3) is 4.20. The zero-order chi connectivity index (χ0) is 20.9. The summed E-state index contributed by atoms with van der Waals surface area (Å²) in [6, 6.07) is 18.9. The van der Waals surface area contributed by atoms with Gasteiger partial charge in [-0.05, 0) is 67.6 Å². The molecule has 2 N–H and O–H groups in total. The number of amides is 2. The summed E-state index contributed by atoms with van der Waals surface area (Å²) in [5, 5.41) is 5.63. The van der Waals surface area contributed by atoms with Gasteiger partial charge >= 0.3 is 0 Å². The first-order valence-corrected chi connectivity index (χ1v) is 9.48. The van der Waals surface area contributed by atoms with Crippen molar-refractivity contribution in [2.75, 3.05) is 24.0 Å². The van der Waals surface area contributed by atoms with Crippen molar-refractivity contribution >= 4 is 23.2 Å². The number of carbonyl (C=O) groups is 2. The lowest BCUT2D eigenvalue weighted by molar-refractivity contribution is 0.101. The summed E-state index contributed by atoms with van der Waals surface area (Å²) >= 11 is 0. The van der Waals surface area contributed by atoms with Crippen molar-refractivity contribution in [1.82, 2.24) is 0 Å². The molecule has 0 aromatic heterocycles. The highest BCUT2D eigenvalue weighted by Crippen LogP contribution is 2.35. The molecule has 0 saturated carbocycles. The van der Waals surface area contributed by atoms with Gasteiger partial charge in [0.2, 0.25) is 6.79 Å². The van der Waals surface area contributed by atoms with Crippen LogP contribution in [0.4, 0.5) is 11.4 Å². The van der Waals surface area contributed by atoms with Crippen LogP contribution >= 0.6 is 0 Å². The highest BCUT2D eigenvalue weighted by Gasteiger charge is 2.21. The second-order valence-electron chi connectivity index (χ2n) is 6.48. The molecule has 7 heteroatoms. The van der Waals surface area contributed by atoms with Gasteiger partial charge in [-0.2, -0.15) is 0 Å². The standard InChI is InChI=1S/C23H20N2O5/c1-2-28-18-12-10-17(11-13-18)24-22(26)15-6-8-16(9-7-15)25-23(27)19-4-3-5-20-21(19)30-14-29-20/h3-13H,2,14H2,1H3,(H,24,26)(H,25,27). The second kappa shape index (κ2) is 8.57. The number of fused-ring (bicyclic) bond motifs is 1. The number of hydrogen-bond donors (Lipinski definition) is 2. The van der Waals surface area contributed by atoms with E-state index in [1.807, 2.05) is 6.92 Å². The van der Waals surface area contributed by atoms with Crippen LogP contribution in [0, 0.1) is 0 Å². The van der Waals surface area contributed by atoms with Gasteiger partial charge in [0, 0.05) is 16.9 Å². The van der Waals surface area contributed by atoms with Crippen molar-refractivity contribution in [3.8, 4) is 17.2 Å². The Morgan fingerprint density at radius 1 is 0.867 bits per heavy atom. The van der Waals surface area contributed by atoms with Crippen LogP contribution in [0.1, 0.15) is 27.6 Å². The Kier molecular flexibility index (Phi) is 5.52. The first-order valence-electron chi connectivity index (χ1n) is 9.48. The summed E-state index contributed by atoms with van der Waals surface area (Å²) in [5.74, 6) is 1.16. The maximum Gasteiger partial charge on any atom is 0.259 e. The summed E-state index contributed by atoms with van der Waals surface area (Å²) < 4.78 is 16.1. The summed E-state index contributed by atoms with van der Waals surface area (Å²) in [4.78, 5) is 25.0. The third-order valence-electron chi connectivity index (χ3n) is 4.47. The monoisotopic (exact) mass is 404 g/mol. The fraction of sp³-hybridized carbons (Fsp3) is 0.130. The Balaban J connectivity index is 1.39. The summed E-state index contributed by atoms with van der Waals surface area (Å²) in [6.07, 6.45) is 0. The number of anilines is 2. The SMILES string of the molecule is CCOc1ccc(NC(=O)c2ccc(NC(=O)c3cccc4c3OCO4)cc2)cc1. The smallest absolute Gasteiger partial charge is 0.259 e. The minimum Gasteiger partial charge on any atom is -0.494 e. The predicted molar refractivity (Wildman–Crippen MR) is 113 cm³/mol. The molecule has 0 aliphatic carbocycles. The Labute approximate surface area is 173 Å². The van der Waals surface area contributed by atoms with E-state index in [-0.39, 0.29) is 18.6 Å². The van der Waals surface area contributed by atoms with Gasteiger partial charge in [0.1, 0.15) is 5.75 Å². The number of ether oxygens (including phenoxy) is 3. The molecule has 0 radical (unpaired) electrons. The van der Waals surface area contributed by atoms with Crippen LogP contribution in [-0.2, 0) is 0 Å². The van der Waals surface area contributed by atoms with E-state index >= 15 is 0 Å². The Bertz CT molecular complexity index is 1060. The molecule has 7 nitrogen and oxygen atoms in total. The summed E-state index contributed by atoms with van der Waals surface area (Å²) in [5.41, 5.74) is 2.09. The van der Waals surface area contributed by atoms with Crippen LogP contribution in [0.3, 0.4) is 0 Å². The molecule has 0 fully saturated rings. The lowest BCUT2D eigenvalue weighted by atomic mass is 10.1. The summed E-state index contributed by atoms with van der Waals surface area (Å²) in [7, 11) is 0. The number of rotatable bonds is 6. The van der Waals surface area contributed by atoms with Gasteiger partial charge in [-0.25, -0.2) is 0 Å². The van der Waals surface area contributed by atoms with Crippen molar-refractivity contribution in [3.63, 3.8) is 0 Å². The van der Waals surface area contributed by atoms with Crippen LogP contribution in [-0.4, -0.2) is 25.2 Å². The first-order chi connectivity index (χ1) is 14.6. The van der Waals surface area contributed by atoms with Gasteiger partial charge in [0.15, 0.2) is 11.5 Å². The van der Waals surface area contributed by atoms with Gasteiger partial charge in [0.25, 0.3) is 11.8 Å². The van der Waals surface area contributed by atoms with Gasteiger partial charge < -0.3 is 24.8 Å². The molecule has 1 aliphatic rings. The highest BCUT2D eigenvalue weighted by molar-refractivity contribution is 6.07. The van der Waals surface area contributed by atoms with Crippen molar-refractivity contribution in [3.05, 3.63) is 77.9 Å². The average Bonchev–Trinajstić information content (AvgIpc) is 3.25. The second-order valence-corrected chi connectivity index (χ2v) is 6.48. The maximum atomic E-state index is 12.6. The van der Waals surface area contributed by atoms with Crippen LogP contribution in [0.5, 0.6) is 17.2 Å². The fourth-order valence-corrected chi connectivity index (χ4v) is 3.02. The molecule has 0 unspecified atom stereocenters. The van der Waals surface area contributed by atoms with Gasteiger partial charge in [-0.3, -0.25) is 9.59 Å². The zero-order valence-electron chi connectivity index (χ0n) is 16.3. The van der Waals surface area contributed by atoms with E-state index in [0.717, 1.165) is 5.75 Å². The Hall–Kier alpha value is -4.00. The number of carbonyl (C=O) groups excluding carboxylic acids is 2. The molecule has 152 valence electrons. The maximum absolute atomic E-state index is 12.6. The lowest BCUT2D eigenvalue weighted by Gasteiger charge is -2.09. The zero-order valence-corrected chi connectivity index (χ0v) is 16.3. The quantitative estimate of drug-likeness (QED) is 0.639. The molecule has 4 rings (SSSR count). The van der Waals surface area contributed by atoms with E-state index in [4.69, 9.17) is 14.2 Å².